The Balaban J connectivity index is 1.58. The first-order valence-electron chi connectivity index (χ1n) is 10.6. The zero-order chi connectivity index (χ0) is 23.2. The quantitative estimate of drug-likeness (QED) is 0.270. The molecule has 7 heteroatoms. The van der Waals surface area contributed by atoms with Crippen molar-refractivity contribution in [3.8, 4) is 28.3 Å². The van der Waals surface area contributed by atoms with Crippen LogP contribution in [0.3, 0.4) is 0 Å². The molecule has 0 aliphatic carbocycles. The highest BCUT2D eigenvalue weighted by molar-refractivity contribution is 8.00. The molecule has 0 spiro atoms. The van der Waals surface area contributed by atoms with Crippen molar-refractivity contribution in [1.29, 1.82) is 0 Å². The van der Waals surface area contributed by atoms with Gasteiger partial charge in [-0.25, -0.2) is 4.98 Å². The fourth-order valence-corrected chi connectivity index (χ4v) is 4.61. The Labute approximate surface area is 202 Å². The van der Waals surface area contributed by atoms with Crippen molar-refractivity contribution in [3.63, 3.8) is 0 Å². The van der Waals surface area contributed by atoms with Crippen molar-refractivity contribution >= 4 is 35.0 Å². The third kappa shape index (κ3) is 5.41. The molecule has 1 atom stereocenters. The molecule has 168 valence electrons. The molecule has 33 heavy (non-hydrogen) atoms. The van der Waals surface area contributed by atoms with Crippen molar-refractivity contribution in [1.82, 2.24) is 9.97 Å². The van der Waals surface area contributed by atoms with Crippen LogP contribution in [0.15, 0.2) is 84.0 Å². The first kappa shape index (κ1) is 23.0. The van der Waals surface area contributed by atoms with Gasteiger partial charge in [0.15, 0.2) is 5.16 Å². The molecule has 4 rings (SSSR count). The average molecular weight is 478 g/mol. The molecule has 0 aliphatic heterocycles. The number of rotatable bonds is 8. The van der Waals surface area contributed by atoms with Gasteiger partial charge in [0, 0.05) is 16.8 Å². The van der Waals surface area contributed by atoms with Crippen LogP contribution in [-0.4, -0.2) is 28.2 Å². The second kappa shape index (κ2) is 10.6. The molecule has 3 aromatic carbocycles. The number of nitrogens with zero attached hydrogens (tertiary/aromatic N) is 1. The molecule has 0 saturated heterocycles. The van der Waals surface area contributed by atoms with E-state index in [0.29, 0.717) is 28.0 Å². The first-order valence-corrected chi connectivity index (χ1v) is 11.9. The van der Waals surface area contributed by atoms with Crippen LogP contribution in [0.2, 0.25) is 5.02 Å². The van der Waals surface area contributed by atoms with Gasteiger partial charge in [-0.1, -0.05) is 91.0 Å². The van der Waals surface area contributed by atoms with Gasteiger partial charge in [-0.05, 0) is 24.6 Å². The zero-order valence-electron chi connectivity index (χ0n) is 18.3. The molecule has 0 bridgehead atoms. The third-order valence-corrected chi connectivity index (χ3v) is 6.67. The minimum atomic E-state index is -0.329. The molecule has 1 unspecified atom stereocenters. The Morgan fingerprint density at radius 1 is 1.06 bits per heavy atom. The van der Waals surface area contributed by atoms with E-state index < -0.39 is 0 Å². The van der Waals surface area contributed by atoms with E-state index in [1.807, 2.05) is 67.6 Å². The summed E-state index contributed by atoms with van der Waals surface area (Å²) in [5.41, 5.74) is 4.48. The van der Waals surface area contributed by atoms with E-state index in [2.05, 4.69) is 10.3 Å². The summed E-state index contributed by atoms with van der Waals surface area (Å²) in [6.45, 7) is 1.98. The summed E-state index contributed by atoms with van der Waals surface area (Å²) in [5, 5.41) is 3.76. The van der Waals surface area contributed by atoms with Crippen LogP contribution in [-0.2, 0) is 4.79 Å². The van der Waals surface area contributed by atoms with Crippen LogP contribution >= 0.6 is 23.4 Å². The van der Waals surface area contributed by atoms with Gasteiger partial charge in [0.2, 0.25) is 5.91 Å². The van der Waals surface area contributed by atoms with Crippen molar-refractivity contribution in [3.05, 3.63) is 83.9 Å². The Hall–Kier alpha value is -3.22. The number of halogens is 1. The minimum Gasteiger partial charge on any atom is -0.495 e. The van der Waals surface area contributed by atoms with Crippen LogP contribution in [0.1, 0.15) is 13.3 Å². The number of anilines is 1. The number of hydrogen-bond acceptors (Lipinski definition) is 4. The Bertz CT molecular complexity index is 1170. The summed E-state index contributed by atoms with van der Waals surface area (Å²) in [4.78, 5) is 21.3. The first-order chi connectivity index (χ1) is 16.1. The maximum Gasteiger partial charge on any atom is 0.237 e. The molecule has 0 saturated carbocycles. The van der Waals surface area contributed by atoms with Crippen LogP contribution in [0.5, 0.6) is 5.75 Å². The van der Waals surface area contributed by atoms with E-state index in [-0.39, 0.29) is 11.2 Å². The summed E-state index contributed by atoms with van der Waals surface area (Å²) >= 11 is 7.61. The molecule has 1 aromatic heterocycles. The van der Waals surface area contributed by atoms with Gasteiger partial charge >= 0.3 is 0 Å². The fraction of sp³-hybridized carbons (Fsp3) is 0.154. The maximum atomic E-state index is 13.0. The predicted octanol–water partition coefficient (Wildman–Crippen LogP) is 6.92. The number of imidazole rings is 1. The lowest BCUT2D eigenvalue weighted by molar-refractivity contribution is -0.115. The smallest absolute Gasteiger partial charge is 0.237 e. The number of H-pyrrole nitrogens is 1. The van der Waals surface area contributed by atoms with E-state index >= 15 is 0 Å². The molecular formula is C26H24ClN3O2S. The maximum absolute atomic E-state index is 13.0. The van der Waals surface area contributed by atoms with Crippen LogP contribution < -0.4 is 10.1 Å². The number of methoxy groups -OCH3 is 1. The SMILES string of the molecule is CCC(Sc1nc(-c2ccccc2)c(-c2ccccc2)[nH]1)C(=O)Nc1ccc(OC)c(Cl)c1. The number of benzene rings is 3. The summed E-state index contributed by atoms with van der Waals surface area (Å²) < 4.78 is 5.18. The third-order valence-electron chi connectivity index (χ3n) is 5.13. The summed E-state index contributed by atoms with van der Waals surface area (Å²) in [6.07, 6.45) is 0.641. The lowest BCUT2D eigenvalue weighted by atomic mass is 10.1. The van der Waals surface area contributed by atoms with Gasteiger partial charge in [0.25, 0.3) is 0 Å². The molecule has 1 heterocycles. The lowest BCUT2D eigenvalue weighted by Gasteiger charge is -2.14. The normalized spacial score (nSPS) is 11.7. The lowest BCUT2D eigenvalue weighted by Crippen LogP contribution is -2.24. The van der Waals surface area contributed by atoms with Crippen molar-refractivity contribution in [2.24, 2.45) is 0 Å². The average Bonchev–Trinajstić information content (AvgIpc) is 3.28. The highest BCUT2D eigenvalue weighted by Gasteiger charge is 2.22. The van der Waals surface area contributed by atoms with Gasteiger partial charge in [0.05, 0.1) is 28.8 Å². The highest BCUT2D eigenvalue weighted by atomic mass is 35.5. The zero-order valence-corrected chi connectivity index (χ0v) is 19.9. The number of aromatic amines is 1. The summed E-state index contributed by atoms with van der Waals surface area (Å²) in [7, 11) is 1.56. The van der Waals surface area contributed by atoms with E-state index in [1.165, 1.54) is 11.8 Å². The van der Waals surface area contributed by atoms with Gasteiger partial charge in [-0.15, -0.1) is 0 Å². The molecule has 4 aromatic rings. The summed E-state index contributed by atoms with van der Waals surface area (Å²) in [5.74, 6) is 0.455. The van der Waals surface area contributed by atoms with Gasteiger partial charge < -0.3 is 15.0 Å². The molecule has 0 radical (unpaired) electrons. The van der Waals surface area contributed by atoms with Crippen LogP contribution in [0, 0.1) is 0 Å². The van der Waals surface area contributed by atoms with E-state index in [1.54, 1.807) is 25.3 Å². The summed E-state index contributed by atoms with van der Waals surface area (Å²) in [6, 6.07) is 25.3. The molecular weight excluding hydrogens is 454 g/mol. The minimum absolute atomic E-state index is 0.109. The van der Waals surface area contributed by atoms with E-state index in [4.69, 9.17) is 21.3 Å². The van der Waals surface area contributed by atoms with E-state index in [0.717, 1.165) is 22.5 Å². The number of aromatic nitrogens is 2. The number of carbonyl (C=O) groups excluding carboxylic acids is 1. The van der Waals surface area contributed by atoms with Crippen molar-refractivity contribution in [2.75, 3.05) is 12.4 Å². The number of thioether (sulfide) groups is 1. The van der Waals surface area contributed by atoms with Crippen molar-refractivity contribution < 1.29 is 9.53 Å². The fourth-order valence-electron chi connectivity index (χ4n) is 3.45. The Morgan fingerprint density at radius 3 is 2.33 bits per heavy atom. The second-order valence-corrected chi connectivity index (χ2v) is 8.95. The van der Waals surface area contributed by atoms with E-state index in [9.17, 15) is 4.79 Å². The molecule has 5 nitrogen and oxygen atoms in total. The highest BCUT2D eigenvalue weighted by Crippen LogP contribution is 2.35. The number of nitrogens with one attached hydrogen (secondary N) is 2. The largest absolute Gasteiger partial charge is 0.495 e. The van der Waals surface area contributed by atoms with Crippen molar-refractivity contribution in [2.45, 2.75) is 23.8 Å². The molecule has 0 aliphatic rings. The topological polar surface area (TPSA) is 67.0 Å². The predicted molar refractivity (Wildman–Crippen MR) is 136 cm³/mol. The van der Waals surface area contributed by atoms with Gasteiger partial charge in [-0.2, -0.15) is 0 Å². The number of hydrogen-bond donors (Lipinski definition) is 2. The molecule has 1 amide bonds. The standard InChI is InChI=1S/C26H24ClN3O2S/c1-3-22(25(31)28-19-14-15-21(32-2)20(27)16-19)33-26-29-23(17-10-6-4-7-11-17)24(30-26)18-12-8-5-9-13-18/h4-16,22H,3H2,1-2H3,(H,28,31)(H,29,30). The number of amides is 1. The number of carbonyl (C=O) groups is 1. The Morgan fingerprint density at radius 2 is 1.73 bits per heavy atom. The monoisotopic (exact) mass is 477 g/mol. The second-order valence-electron chi connectivity index (χ2n) is 7.35. The van der Waals surface area contributed by atoms with Gasteiger partial charge in [-0.3, -0.25) is 4.79 Å². The van der Waals surface area contributed by atoms with Crippen LogP contribution in [0.4, 0.5) is 5.69 Å². The van der Waals surface area contributed by atoms with Crippen LogP contribution in [0.25, 0.3) is 22.5 Å². The molecule has 0 fully saturated rings. The van der Waals surface area contributed by atoms with Gasteiger partial charge in [0.1, 0.15) is 5.75 Å². The number of ether oxygens (including phenoxy) is 1. The molecule has 2 N–H and O–H groups in total. The Kier molecular flexibility index (Phi) is 7.37.